The van der Waals surface area contributed by atoms with Crippen LogP contribution >= 0.6 is 0 Å². The second-order valence-corrected chi connectivity index (χ2v) is 8.76. The first-order valence-corrected chi connectivity index (χ1v) is 10.7. The van der Waals surface area contributed by atoms with E-state index in [0.717, 1.165) is 41.2 Å². The van der Waals surface area contributed by atoms with Gasteiger partial charge in [0.1, 0.15) is 5.82 Å². The van der Waals surface area contributed by atoms with Gasteiger partial charge in [-0.2, -0.15) is 5.10 Å². The van der Waals surface area contributed by atoms with Gasteiger partial charge in [0, 0.05) is 11.8 Å². The fourth-order valence-corrected chi connectivity index (χ4v) is 3.58. The molecule has 0 radical (unpaired) electrons. The molecule has 0 unspecified atom stereocenters. The summed E-state index contributed by atoms with van der Waals surface area (Å²) in [5.41, 5.74) is 2.96. The maximum atomic E-state index is 11.5. The lowest BCUT2D eigenvalue weighted by Crippen LogP contribution is -2.20. The lowest BCUT2D eigenvalue weighted by Gasteiger charge is -2.18. The summed E-state index contributed by atoms with van der Waals surface area (Å²) in [5.74, 6) is 0.998. The van der Waals surface area contributed by atoms with E-state index in [-0.39, 0.29) is 5.41 Å². The van der Waals surface area contributed by atoms with Crippen LogP contribution in [0.5, 0.6) is 0 Å². The highest BCUT2D eigenvalue weighted by Crippen LogP contribution is 2.25. The molecule has 30 heavy (non-hydrogen) atoms. The van der Waals surface area contributed by atoms with E-state index in [4.69, 9.17) is 10.1 Å². The van der Waals surface area contributed by atoms with E-state index in [1.54, 1.807) is 12.1 Å². The molecule has 0 aliphatic heterocycles. The number of unbranched alkanes of at least 4 members (excludes halogenated alkanes) is 2. The van der Waals surface area contributed by atoms with Crippen molar-refractivity contribution in [1.82, 2.24) is 14.8 Å². The van der Waals surface area contributed by atoms with Gasteiger partial charge in [-0.25, -0.2) is 14.5 Å². The predicted octanol–water partition coefficient (Wildman–Crippen LogP) is 5.72. The number of aromatic carboxylic acids is 1. The van der Waals surface area contributed by atoms with Crippen LogP contribution in [-0.2, 0) is 18.4 Å². The maximum Gasteiger partial charge on any atom is 0.336 e. The van der Waals surface area contributed by atoms with E-state index in [0.29, 0.717) is 12.1 Å². The number of carboxylic acid groups (broad SMARTS) is 1. The van der Waals surface area contributed by atoms with Crippen LogP contribution in [0.25, 0.3) is 11.1 Å². The molecule has 1 aromatic heterocycles. The number of carboxylic acids is 1. The smallest absolute Gasteiger partial charge is 0.336 e. The van der Waals surface area contributed by atoms with Crippen LogP contribution in [0, 0.1) is 0 Å². The second kappa shape index (κ2) is 9.24. The van der Waals surface area contributed by atoms with Crippen LogP contribution in [0.3, 0.4) is 0 Å². The minimum atomic E-state index is -0.914. The Kier molecular flexibility index (Phi) is 6.70. The highest BCUT2D eigenvalue weighted by Gasteiger charge is 2.23. The van der Waals surface area contributed by atoms with Crippen molar-refractivity contribution in [3.63, 3.8) is 0 Å². The van der Waals surface area contributed by atoms with Crippen LogP contribution in [0.1, 0.15) is 74.5 Å². The third-order valence-corrected chi connectivity index (χ3v) is 5.15. The Bertz CT molecular complexity index is 998. The Morgan fingerprint density at radius 2 is 1.73 bits per heavy atom. The van der Waals surface area contributed by atoms with Gasteiger partial charge in [0.05, 0.1) is 12.1 Å². The topological polar surface area (TPSA) is 68.0 Å². The summed E-state index contributed by atoms with van der Waals surface area (Å²) in [4.78, 5) is 16.3. The molecule has 0 atom stereocenters. The highest BCUT2D eigenvalue weighted by atomic mass is 16.4. The Morgan fingerprint density at radius 3 is 2.37 bits per heavy atom. The van der Waals surface area contributed by atoms with Gasteiger partial charge in [0.2, 0.25) is 0 Å². The molecule has 158 valence electrons. The van der Waals surface area contributed by atoms with Gasteiger partial charge in [-0.1, -0.05) is 83.0 Å². The molecule has 3 rings (SSSR count). The fourth-order valence-electron chi connectivity index (χ4n) is 3.58. The Hall–Kier alpha value is -2.95. The molecule has 0 bridgehead atoms. The molecule has 3 aromatic rings. The average Bonchev–Trinajstić information content (AvgIpc) is 3.12. The largest absolute Gasteiger partial charge is 0.478 e. The molecule has 0 fully saturated rings. The molecule has 5 heteroatoms. The van der Waals surface area contributed by atoms with Crippen molar-refractivity contribution in [2.45, 2.75) is 65.3 Å². The minimum absolute atomic E-state index is 0.0869. The van der Waals surface area contributed by atoms with Gasteiger partial charge in [-0.05, 0) is 29.2 Å². The summed E-state index contributed by atoms with van der Waals surface area (Å²) in [6.45, 7) is 9.33. The molecule has 2 aromatic carbocycles. The molecule has 1 N–H and O–H groups in total. The Balaban J connectivity index is 1.84. The van der Waals surface area contributed by atoms with Gasteiger partial charge < -0.3 is 5.11 Å². The van der Waals surface area contributed by atoms with Gasteiger partial charge in [-0.15, -0.1) is 0 Å². The van der Waals surface area contributed by atoms with Crippen molar-refractivity contribution in [2.24, 2.45) is 0 Å². The van der Waals surface area contributed by atoms with Crippen molar-refractivity contribution >= 4 is 5.97 Å². The Labute approximate surface area is 178 Å². The molecule has 1 heterocycles. The summed E-state index contributed by atoms with van der Waals surface area (Å²) in [7, 11) is 0. The van der Waals surface area contributed by atoms with Gasteiger partial charge in [0.15, 0.2) is 5.82 Å². The number of aryl methyl sites for hydroxylation is 1. The predicted molar refractivity (Wildman–Crippen MR) is 120 cm³/mol. The first kappa shape index (κ1) is 21.8. The standard InChI is InChI=1S/C25H31N3O2/c1-5-6-7-12-22-26-24(25(2,3)4)28(27-22)17-18-13-15-19(16-14-18)20-10-8-9-11-21(20)23(29)30/h8-11,13-16H,5-7,12,17H2,1-4H3,(H,29,30). The number of carbonyl (C=O) groups is 1. The van der Waals surface area contributed by atoms with Gasteiger partial charge in [-0.3, -0.25) is 0 Å². The van der Waals surface area contributed by atoms with E-state index >= 15 is 0 Å². The quantitative estimate of drug-likeness (QED) is 0.487. The van der Waals surface area contributed by atoms with Crippen molar-refractivity contribution in [3.05, 3.63) is 71.3 Å². The lowest BCUT2D eigenvalue weighted by molar-refractivity contribution is 0.0697. The first-order valence-electron chi connectivity index (χ1n) is 10.7. The fraction of sp³-hybridized carbons (Fsp3) is 0.400. The minimum Gasteiger partial charge on any atom is -0.478 e. The van der Waals surface area contributed by atoms with E-state index < -0.39 is 5.97 Å². The second-order valence-electron chi connectivity index (χ2n) is 8.76. The molecule has 0 spiro atoms. The number of rotatable bonds is 8. The summed E-state index contributed by atoms with van der Waals surface area (Å²) in [6.07, 6.45) is 4.40. The van der Waals surface area contributed by atoms with Crippen LogP contribution in [0.4, 0.5) is 0 Å². The molecule has 0 amide bonds. The zero-order valence-corrected chi connectivity index (χ0v) is 18.4. The van der Waals surface area contributed by atoms with E-state index in [1.165, 1.54) is 12.8 Å². The van der Waals surface area contributed by atoms with Crippen molar-refractivity contribution in [2.75, 3.05) is 0 Å². The number of nitrogens with zero attached hydrogens (tertiary/aromatic N) is 3. The number of benzene rings is 2. The highest BCUT2D eigenvalue weighted by molar-refractivity contribution is 5.95. The molecule has 0 saturated carbocycles. The van der Waals surface area contributed by atoms with Crippen LogP contribution in [0.2, 0.25) is 0 Å². The maximum absolute atomic E-state index is 11.5. The van der Waals surface area contributed by atoms with E-state index in [9.17, 15) is 9.90 Å². The molecule has 0 saturated heterocycles. The molecule has 0 aliphatic carbocycles. The monoisotopic (exact) mass is 405 g/mol. The molecule has 0 aliphatic rings. The third kappa shape index (κ3) is 5.15. The summed E-state index contributed by atoms with van der Waals surface area (Å²) in [6, 6.07) is 15.1. The van der Waals surface area contributed by atoms with E-state index in [1.807, 2.05) is 41.1 Å². The molecular weight excluding hydrogens is 374 g/mol. The van der Waals surface area contributed by atoms with Gasteiger partial charge >= 0.3 is 5.97 Å². The van der Waals surface area contributed by atoms with E-state index in [2.05, 4.69) is 27.7 Å². The SMILES string of the molecule is CCCCCc1nc(C(C)(C)C)n(Cc2ccc(-c3ccccc3C(=O)O)cc2)n1. The number of hydrogen-bond donors (Lipinski definition) is 1. The number of hydrogen-bond acceptors (Lipinski definition) is 3. The first-order chi connectivity index (χ1) is 14.3. The molecular formula is C25H31N3O2. The average molecular weight is 406 g/mol. The van der Waals surface area contributed by atoms with Crippen LogP contribution in [-0.4, -0.2) is 25.8 Å². The van der Waals surface area contributed by atoms with Crippen molar-refractivity contribution in [3.8, 4) is 11.1 Å². The van der Waals surface area contributed by atoms with Gasteiger partial charge in [0.25, 0.3) is 0 Å². The van der Waals surface area contributed by atoms with Crippen molar-refractivity contribution in [1.29, 1.82) is 0 Å². The van der Waals surface area contributed by atoms with Crippen LogP contribution < -0.4 is 0 Å². The van der Waals surface area contributed by atoms with Crippen LogP contribution in [0.15, 0.2) is 48.5 Å². The van der Waals surface area contributed by atoms with Crippen molar-refractivity contribution < 1.29 is 9.90 Å². The zero-order chi connectivity index (χ0) is 21.7. The molecule has 5 nitrogen and oxygen atoms in total. The lowest BCUT2D eigenvalue weighted by atomic mass is 9.95. The normalized spacial score (nSPS) is 11.6. The Morgan fingerprint density at radius 1 is 1.03 bits per heavy atom. The number of aromatic nitrogens is 3. The zero-order valence-electron chi connectivity index (χ0n) is 18.4. The summed E-state index contributed by atoms with van der Waals surface area (Å²) < 4.78 is 2.02. The summed E-state index contributed by atoms with van der Waals surface area (Å²) >= 11 is 0. The third-order valence-electron chi connectivity index (χ3n) is 5.15. The summed E-state index contributed by atoms with van der Waals surface area (Å²) in [5, 5.41) is 14.2.